The normalized spacial score (nSPS) is 28.3. The molecule has 4 aliphatic carbocycles. The predicted molar refractivity (Wildman–Crippen MR) is 139 cm³/mol. The quantitative estimate of drug-likeness (QED) is 0.295. The van der Waals surface area contributed by atoms with Crippen molar-refractivity contribution < 1.29 is 19.1 Å². The Balaban J connectivity index is 1.14. The van der Waals surface area contributed by atoms with Crippen LogP contribution >= 0.6 is 0 Å². The predicted octanol–water partition coefficient (Wildman–Crippen LogP) is 7.10. The second kappa shape index (κ2) is 7.92. The summed E-state index contributed by atoms with van der Waals surface area (Å²) in [5.41, 5.74) is 0.0331. The molecule has 0 aromatic heterocycles. The van der Waals surface area contributed by atoms with Gasteiger partial charge in [-0.3, -0.25) is 0 Å². The molecule has 0 amide bonds. The van der Waals surface area contributed by atoms with Gasteiger partial charge in [0.15, 0.2) is 0 Å². The Morgan fingerprint density at radius 2 is 1.00 bits per heavy atom. The molecule has 0 unspecified atom stereocenters. The monoisotopic (exact) mass is 476 g/mol. The maximum Gasteiger partial charge on any atom is 0.338 e. The summed E-state index contributed by atoms with van der Waals surface area (Å²) in [6, 6.07) is 27.5. The first-order chi connectivity index (χ1) is 17.5. The minimum Gasteiger partial charge on any atom is -0.455 e. The number of rotatable bonds is 4. The molecule has 4 bridgehead atoms. The Kier molecular flexibility index (Phi) is 4.76. The van der Waals surface area contributed by atoms with Gasteiger partial charge in [-0.15, -0.1) is 0 Å². The maximum atomic E-state index is 13.3. The lowest BCUT2D eigenvalue weighted by molar-refractivity contribution is -0.200. The van der Waals surface area contributed by atoms with Gasteiger partial charge in [0.25, 0.3) is 0 Å². The number of esters is 2. The van der Waals surface area contributed by atoms with Crippen LogP contribution in [0, 0.1) is 11.8 Å². The first-order valence-corrected chi connectivity index (χ1v) is 12.9. The number of ether oxygens (including phenoxy) is 2. The van der Waals surface area contributed by atoms with Crippen LogP contribution in [0.1, 0.15) is 59.2 Å². The van der Waals surface area contributed by atoms with Crippen molar-refractivity contribution in [1.82, 2.24) is 0 Å². The van der Waals surface area contributed by atoms with E-state index in [-0.39, 0.29) is 11.9 Å². The number of carbonyl (C=O) groups excluding carboxylic acids is 2. The van der Waals surface area contributed by atoms with E-state index in [9.17, 15) is 9.59 Å². The van der Waals surface area contributed by atoms with Gasteiger partial charge in [-0.25, -0.2) is 9.59 Å². The van der Waals surface area contributed by atoms with Crippen LogP contribution in [-0.2, 0) is 9.47 Å². The van der Waals surface area contributed by atoms with Crippen LogP contribution in [0.5, 0.6) is 0 Å². The van der Waals surface area contributed by atoms with Crippen molar-refractivity contribution in [2.24, 2.45) is 11.8 Å². The van der Waals surface area contributed by atoms with E-state index in [0.29, 0.717) is 29.4 Å². The smallest absolute Gasteiger partial charge is 0.338 e. The third kappa shape index (κ3) is 3.67. The van der Waals surface area contributed by atoms with E-state index < -0.39 is 11.2 Å². The molecule has 36 heavy (non-hydrogen) atoms. The van der Waals surface area contributed by atoms with Gasteiger partial charge >= 0.3 is 11.9 Å². The molecule has 180 valence electrons. The Hall–Kier alpha value is -3.66. The fraction of sp³-hybridized carbons (Fsp3) is 0.312. The number of carbonyl (C=O) groups is 2. The van der Waals surface area contributed by atoms with Crippen molar-refractivity contribution in [3.8, 4) is 0 Å². The lowest BCUT2D eigenvalue weighted by Gasteiger charge is -2.60. The van der Waals surface area contributed by atoms with Crippen molar-refractivity contribution in [2.75, 3.05) is 0 Å². The van der Waals surface area contributed by atoms with Gasteiger partial charge in [-0.2, -0.15) is 0 Å². The second-order valence-corrected chi connectivity index (χ2v) is 11.2. The minimum atomic E-state index is -0.559. The highest BCUT2D eigenvalue weighted by Crippen LogP contribution is 2.60. The average molecular weight is 477 g/mol. The topological polar surface area (TPSA) is 52.6 Å². The van der Waals surface area contributed by atoms with Crippen molar-refractivity contribution in [2.45, 2.75) is 49.7 Å². The first-order valence-electron chi connectivity index (χ1n) is 12.9. The zero-order valence-corrected chi connectivity index (χ0v) is 20.1. The largest absolute Gasteiger partial charge is 0.455 e. The maximum absolute atomic E-state index is 13.3. The molecule has 0 aliphatic heterocycles. The van der Waals surface area contributed by atoms with Crippen LogP contribution in [0.25, 0.3) is 21.5 Å². The van der Waals surface area contributed by atoms with Crippen LogP contribution in [0.2, 0.25) is 0 Å². The molecule has 0 N–H and O–H groups in total. The van der Waals surface area contributed by atoms with Gasteiger partial charge in [0.05, 0.1) is 11.1 Å². The summed E-state index contributed by atoms with van der Waals surface area (Å²) in [5, 5.41) is 4.25. The van der Waals surface area contributed by atoms with E-state index in [1.165, 1.54) is 0 Å². The molecular weight excluding hydrogens is 448 g/mol. The molecule has 0 heterocycles. The van der Waals surface area contributed by atoms with Crippen LogP contribution < -0.4 is 0 Å². The first kappa shape index (κ1) is 21.6. The Bertz CT molecular complexity index is 1390. The highest BCUT2D eigenvalue weighted by Gasteiger charge is 2.61. The Morgan fingerprint density at radius 3 is 1.44 bits per heavy atom. The van der Waals surface area contributed by atoms with Gasteiger partial charge in [-0.1, -0.05) is 60.7 Å². The van der Waals surface area contributed by atoms with Crippen molar-refractivity contribution in [1.29, 1.82) is 0 Å². The molecular formula is C32H28O4. The average Bonchev–Trinajstić information content (AvgIpc) is 2.86. The summed E-state index contributed by atoms with van der Waals surface area (Å²) >= 11 is 0. The molecule has 0 spiro atoms. The molecule has 4 aliphatic rings. The SMILES string of the molecule is O=C(OC12CC3CC(C1)CC(OC(=O)c1ccc4ccccc4c1)(C3)C2)c1ccc2ccccc2c1. The van der Waals surface area contributed by atoms with Crippen LogP contribution in [-0.4, -0.2) is 23.1 Å². The number of benzene rings is 4. The van der Waals surface area contributed by atoms with Gasteiger partial charge in [0.1, 0.15) is 11.2 Å². The Labute approximate surface area is 210 Å². The van der Waals surface area contributed by atoms with Crippen LogP contribution in [0.4, 0.5) is 0 Å². The summed E-state index contributed by atoms with van der Waals surface area (Å²) < 4.78 is 12.7. The summed E-state index contributed by atoms with van der Waals surface area (Å²) in [7, 11) is 0. The number of fused-ring (bicyclic) bond motifs is 2. The van der Waals surface area contributed by atoms with E-state index >= 15 is 0 Å². The van der Waals surface area contributed by atoms with Crippen molar-refractivity contribution in [3.05, 3.63) is 96.1 Å². The molecule has 4 aromatic carbocycles. The summed E-state index contributed by atoms with van der Waals surface area (Å²) in [6.07, 6.45) is 5.16. The summed E-state index contributed by atoms with van der Waals surface area (Å²) in [6.45, 7) is 0. The lowest BCUT2D eigenvalue weighted by atomic mass is 9.52. The highest BCUT2D eigenvalue weighted by atomic mass is 16.6. The third-order valence-corrected chi connectivity index (χ3v) is 8.54. The van der Waals surface area contributed by atoms with Crippen LogP contribution in [0.15, 0.2) is 84.9 Å². The van der Waals surface area contributed by atoms with Gasteiger partial charge in [-0.05, 0) is 89.8 Å². The highest BCUT2D eigenvalue weighted by molar-refractivity contribution is 5.96. The summed E-state index contributed by atoms with van der Waals surface area (Å²) in [5.74, 6) is 0.275. The van der Waals surface area contributed by atoms with Crippen LogP contribution in [0.3, 0.4) is 0 Å². The molecule has 0 saturated heterocycles. The van der Waals surface area contributed by atoms with E-state index in [2.05, 4.69) is 0 Å². The minimum absolute atomic E-state index is 0.279. The standard InChI is InChI=1S/C32H28O4/c33-29(27-11-9-23-5-1-3-7-25(23)14-27)35-31-16-21-13-22(17-31)19-32(18-21,20-31)36-30(34)28-12-10-24-6-2-4-8-26(24)15-28/h1-12,14-15,21-22H,13,16-20H2. The lowest BCUT2D eigenvalue weighted by Crippen LogP contribution is -2.61. The number of hydrogen-bond acceptors (Lipinski definition) is 4. The fourth-order valence-electron chi connectivity index (χ4n) is 7.48. The van der Waals surface area contributed by atoms with Crippen molar-refractivity contribution >= 4 is 33.5 Å². The zero-order valence-electron chi connectivity index (χ0n) is 20.1. The van der Waals surface area contributed by atoms with E-state index in [1.807, 2.05) is 84.9 Å². The fourth-order valence-corrected chi connectivity index (χ4v) is 7.48. The molecule has 8 rings (SSSR count). The van der Waals surface area contributed by atoms with Gasteiger partial charge < -0.3 is 9.47 Å². The zero-order chi connectivity index (χ0) is 24.3. The summed E-state index contributed by atoms with van der Waals surface area (Å²) in [4.78, 5) is 26.6. The molecule has 0 radical (unpaired) electrons. The Morgan fingerprint density at radius 1 is 0.583 bits per heavy atom. The molecule has 4 nitrogen and oxygen atoms in total. The molecule has 4 heteroatoms. The van der Waals surface area contributed by atoms with E-state index in [0.717, 1.165) is 53.6 Å². The second-order valence-electron chi connectivity index (χ2n) is 11.2. The molecule has 4 saturated carbocycles. The van der Waals surface area contributed by atoms with Crippen molar-refractivity contribution in [3.63, 3.8) is 0 Å². The third-order valence-electron chi connectivity index (χ3n) is 8.54. The molecule has 0 atom stereocenters. The van der Waals surface area contributed by atoms with E-state index in [4.69, 9.17) is 9.47 Å². The molecule has 4 fully saturated rings. The van der Waals surface area contributed by atoms with Gasteiger partial charge in [0.2, 0.25) is 0 Å². The van der Waals surface area contributed by atoms with E-state index in [1.54, 1.807) is 0 Å². The molecule has 4 aromatic rings. The number of hydrogen-bond donors (Lipinski definition) is 0. The van der Waals surface area contributed by atoms with Gasteiger partial charge in [0, 0.05) is 6.42 Å².